The number of ether oxygens (including phenoxy) is 1. The molecule has 104 valence electrons. The Kier molecular flexibility index (Phi) is 3.79. The van der Waals surface area contributed by atoms with Crippen LogP contribution in [0.25, 0.3) is 11.1 Å². The topological polar surface area (TPSA) is 26.3 Å². The first-order valence-corrected chi connectivity index (χ1v) is 5.83. The number of alkyl halides is 3. The highest BCUT2D eigenvalue weighted by atomic mass is 19.4. The number of rotatable bonds is 3. The van der Waals surface area contributed by atoms with Crippen molar-refractivity contribution in [1.82, 2.24) is 0 Å². The molecule has 0 atom stereocenters. The molecular formula is C15H11F3O2. The first-order valence-electron chi connectivity index (χ1n) is 5.83. The Bertz CT molecular complexity index is 616. The highest BCUT2D eigenvalue weighted by Gasteiger charge is 2.32. The number of Topliss-reactive ketones (excluding diaryl/α,β-unsaturated/α-hetero) is 1. The molecule has 2 nitrogen and oxygen atoms in total. The van der Waals surface area contributed by atoms with Gasteiger partial charge in [0, 0.05) is 11.1 Å². The quantitative estimate of drug-likeness (QED) is 0.776. The number of hydrogen-bond donors (Lipinski definition) is 0. The average Bonchev–Trinajstić information content (AvgIpc) is 2.37. The Hall–Kier alpha value is -2.30. The van der Waals surface area contributed by atoms with E-state index >= 15 is 0 Å². The number of carbonyl (C=O) groups excluding carboxylic acids is 1. The van der Waals surface area contributed by atoms with Gasteiger partial charge in [-0.15, -0.1) is 13.2 Å². The van der Waals surface area contributed by atoms with Gasteiger partial charge in [0.15, 0.2) is 5.78 Å². The maximum Gasteiger partial charge on any atom is 0.573 e. The molecule has 0 saturated carbocycles. The third-order valence-electron chi connectivity index (χ3n) is 2.72. The first-order chi connectivity index (χ1) is 9.37. The van der Waals surface area contributed by atoms with E-state index in [9.17, 15) is 18.0 Å². The zero-order valence-electron chi connectivity index (χ0n) is 10.6. The Morgan fingerprint density at radius 2 is 1.60 bits per heavy atom. The summed E-state index contributed by atoms with van der Waals surface area (Å²) in [6.45, 7) is 1.43. The van der Waals surface area contributed by atoms with E-state index in [-0.39, 0.29) is 11.5 Å². The smallest absolute Gasteiger partial charge is 0.405 e. The molecule has 20 heavy (non-hydrogen) atoms. The monoisotopic (exact) mass is 280 g/mol. The van der Waals surface area contributed by atoms with Crippen LogP contribution in [0.15, 0.2) is 48.5 Å². The van der Waals surface area contributed by atoms with Crippen molar-refractivity contribution in [3.05, 3.63) is 54.1 Å². The summed E-state index contributed by atoms with van der Waals surface area (Å²) in [6.07, 6.45) is -4.74. The van der Waals surface area contributed by atoms with Crippen LogP contribution in [-0.4, -0.2) is 12.1 Å². The largest absolute Gasteiger partial charge is 0.573 e. The molecule has 5 heteroatoms. The van der Waals surface area contributed by atoms with E-state index in [2.05, 4.69) is 4.74 Å². The molecule has 2 aromatic rings. The summed E-state index contributed by atoms with van der Waals surface area (Å²) in [5, 5.41) is 0. The van der Waals surface area contributed by atoms with Crippen molar-refractivity contribution in [1.29, 1.82) is 0 Å². The van der Waals surface area contributed by atoms with Gasteiger partial charge in [0.05, 0.1) is 0 Å². The van der Waals surface area contributed by atoms with Crippen molar-refractivity contribution in [2.24, 2.45) is 0 Å². The van der Waals surface area contributed by atoms with Crippen LogP contribution in [0, 0.1) is 0 Å². The maximum atomic E-state index is 12.3. The van der Waals surface area contributed by atoms with E-state index in [1.54, 1.807) is 30.3 Å². The van der Waals surface area contributed by atoms with Crippen molar-refractivity contribution in [3.63, 3.8) is 0 Å². The number of hydrogen-bond acceptors (Lipinski definition) is 2. The van der Waals surface area contributed by atoms with Gasteiger partial charge in [0.1, 0.15) is 5.75 Å². The van der Waals surface area contributed by atoms with Gasteiger partial charge in [0.25, 0.3) is 0 Å². The van der Waals surface area contributed by atoms with Crippen molar-refractivity contribution in [2.45, 2.75) is 13.3 Å². The molecule has 0 radical (unpaired) electrons. The van der Waals surface area contributed by atoms with E-state index in [1.807, 2.05) is 0 Å². The molecule has 0 aromatic heterocycles. The summed E-state index contributed by atoms with van der Waals surface area (Å²) in [6, 6.07) is 12.2. The predicted octanol–water partition coefficient (Wildman–Crippen LogP) is 4.45. The molecular weight excluding hydrogens is 269 g/mol. The first kappa shape index (κ1) is 14.1. The van der Waals surface area contributed by atoms with Gasteiger partial charge < -0.3 is 4.74 Å². The van der Waals surface area contributed by atoms with E-state index in [0.29, 0.717) is 16.7 Å². The second-order valence-electron chi connectivity index (χ2n) is 4.18. The van der Waals surface area contributed by atoms with Crippen LogP contribution in [0.3, 0.4) is 0 Å². The molecule has 0 heterocycles. The molecule has 0 aliphatic rings. The Balaban J connectivity index is 2.39. The van der Waals surface area contributed by atoms with Crippen molar-refractivity contribution < 1.29 is 22.7 Å². The Morgan fingerprint density at radius 3 is 2.15 bits per heavy atom. The zero-order chi connectivity index (χ0) is 14.8. The molecule has 0 saturated heterocycles. The lowest BCUT2D eigenvalue weighted by atomic mass is 10.0. The zero-order valence-corrected chi connectivity index (χ0v) is 10.6. The van der Waals surface area contributed by atoms with Crippen molar-refractivity contribution in [2.75, 3.05) is 0 Å². The molecule has 0 aliphatic heterocycles. The molecule has 2 aromatic carbocycles. The molecule has 0 fully saturated rings. The number of carbonyl (C=O) groups is 1. The fourth-order valence-corrected chi connectivity index (χ4v) is 1.80. The van der Waals surface area contributed by atoms with Crippen LogP contribution < -0.4 is 4.74 Å². The number of para-hydroxylation sites is 1. The van der Waals surface area contributed by atoms with Gasteiger partial charge in [-0.2, -0.15) is 0 Å². The number of halogens is 3. The van der Waals surface area contributed by atoms with Crippen molar-refractivity contribution in [3.8, 4) is 16.9 Å². The minimum atomic E-state index is -4.74. The lowest BCUT2D eigenvalue weighted by Crippen LogP contribution is -2.17. The van der Waals surface area contributed by atoms with Crippen LogP contribution in [-0.2, 0) is 0 Å². The van der Waals surface area contributed by atoms with E-state index in [0.717, 1.165) is 0 Å². The second-order valence-corrected chi connectivity index (χ2v) is 4.18. The lowest BCUT2D eigenvalue weighted by molar-refractivity contribution is -0.274. The van der Waals surface area contributed by atoms with Crippen LogP contribution in [0.1, 0.15) is 17.3 Å². The summed E-state index contributed by atoms with van der Waals surface area (Å²) >= 11 is 0. The Labute approximate surface area is 113 Å². The van der Waals surface area contributed by atoms with Gasteiger partial charge in [-0.3, -0.25) is 4.79 Å². The van der Waals surface area contributed by atoms with Gasteiger partial charge in [-0.1, -0.05) is 42.5 Å². The van der Waals surface area contributed by atoms with Crippen LogP contribution in [0.2, 0.25) is 0 Å². The highest BCUT2D eigenvalue weighted by Crippen LogP contribution is 2.33. The van der Waals surface area contributed by atoms with Crippen molar-refractivity contribution >= 4 is 5.78 Å². The molecule has 2 rings (SSSR count). The van der Waals surface area contributed by atoms with Gasteiger partial charge >= 0.3 is 6.36 Å². The normalized spacial score (nSPS) is 11.2. The van der Waals surface area contributed by atoms with E-state index in [1.165, 1.54) is 25.1 Å². The van der Waals surface area contributed by atoms with E-state index < -0.39 is 6.36 Å². The van der Waals surface area contributed by atoms with Gasteiger partial charge in [-0.05, 0) is 18.6 Å². The minimum Gasteiger partial charge on any atom is -0.405 e. The van der Waals surface area contributed by atoms with Gasteiger partial charge in [-0.25, -0.2) is 0 Å². The Morgan fingerprint density at radius 1 is 1.00 bits per heavy atom. The summed E-state index contributed by atoms with van der Waals surface area (Å²) in [5.74, 6) is -0.369. The SMILES string of the molecule is CC(=O)c1ccc(-c2ccccc2OC(F)(F)F)cc1. The minimum absolute atomic E-state index is 0.101. The second kappa shape index (κ2) is 5.36. The summed E-state index contributed by atoms with van der Waals surface area (Å²) < 4.78 is 41.0. The lowest BCUT2D eigenvalue weighted by Gasteiger charge is -2.13. The molecule has 0 amide bonds. The third-order valence-corrected chi connectivity index (χ3v) is 2.72. The summed E-state index contributed by atoms with van der Waals surface area (Å²) in [5.41, 5.74) is 1.37. The van der Waals surface area contributed by atoms with Gasteiger partial charge in [0.2, 0.25) is 0 Å². The summed E-state index contributed by atoms with van der Waals surface area (Å²) in [4.78, 5) is 11.2. The predicted molar refractivity (Wildman–Crippen MR) is 68.6 cm³/mol. The van der Waals surface area contributed by atoms with Crippen LogP contribution >= 0.6 is 0 Å². The molecule has 0 spiro atoms. The standard InChI is InChI=1S/C15H11F3O2/c1-10(19)11-6-8-12(9-7-11)13-4-2-3-5-14(13)20-15(16,17)18/h2-9H,1H3. The molecule has 0 N–H and O–H groups in total. The molecule has 0 unspecified atom stereocenters. The fourth-order valence-electron chi connectivity index (χ4n) is 1.80. The maximum absolute atomic E-state index is 12.3. The number of ketones is 1. The third kappa shape index (κ3) is 3.38. The fraction of sp³-hybridized carbons (Fsp3) is 0.133. The highest BCUT2D eigenvalue weighted by molar-refractivity contribution is 5.94. The average molecular weight is 280 g/mol. The van der Waals surface area contributed by atoms with Crippen LogP contribution in [0.4, 0.5) is 13.2 Å². The van der Waals surface area contributed by atoms with E-state index in [4.69, 9.17) is 0 Å². The van der Waals surface area contributed by atoms with Crippen LogP contribution in [0.5, 0.6) is 5.75 Å². The summed E-state index contributed by atoms with van der Waals surface area (Å²) in [7, 11) is 0. The molecule has 0 aliphatic carbocycles. The number of benzene rings is 2. The molecule has 0 bridgehead atoms.